The van der Waals surface area contributed by atoms with E-state index in [-0.39, 0.29) is 0 Å². The summed E-state index contributed by atoms with van der Waals surface area (Å²) in [6.45, 7) is 0. The van der Waals surface area contributed by atoms with Crippen LogP contribution < -0.4 is 4.90 Å². The maximum absolute atomic E-state index is 6.78. The first kappa shape index (κ1) is 31.2. The van der Waals surface area contributed by atoms with Crippen molar-refractivity contribution in [3.8, 4) is 22.3 Å². The fourth-order valence-corrected chi connectivity index (χ4v) is 9.81. The summed E-state index contributed by atoms with van der Waals surface area (Å²) in [5.41, 5.74) is 11.6. The van der Waals surface area contributed by atoms with Crippen molar-refractivity contribution in [1.82, 2.24) is 0 Å². The minimum absolute atomic E-state index is 0.884. The van der Waals surface area contributed by atoms with E-state index in [1.165, 1.54) is 36.7 Å². The third-order valence-corrected chi connectivity index (χ3v) is 12.4. The van der Waals surface area contributed by atoms with Gasteiger partial charge in [-0.05, 0) is 107 Å². The topological polar surface area (TPSA) is 29.5 Å². The molecule has 0 aliphatic carbocycles. The quantitative estimate of drug-likeness (QED) is 0.176. The highest BCUT2D eigenvalue weighted by Gasteiger charge is 2.19. The molecule has 12 aromatic rings. The van der Waals surface area contributed by atoms with Gasteiger partial charge in [0.25, 0.3) is 0 Å². The Morgan fingerprint density at radius 1 is 0.339 bits per heavy atom. The van der Waals surface area contributed by atoms with Gasteiger partial charge in [0.05, 0.1) is 0 Å². The van der Waals surface area contributed by atoms with Gasteiger partial charge in [-0.25, -0.2) is 0 Å². The van der Waals surface area contributed by atoms with Gasteiger partial charge in [0, 0.05) is 64.2 Å². The first-order valence-corrected chi connectivity index (χ1v) is 19.7. The zero-order valence-corrected chi connectivity index (χ0v) is 30.9. The first-order valence-electron chi connectivity index (χ1n) is 18.9. The molecule has 0 saturated carbocycles. The summed E-state index contributed by atoms with van der Waals surface area (Å²) in [6, 6.07) is 67.1. The van der Waals surface area contributed by atoms with Gasteiger partial charge in [-0.3, -0.25) is 0 Å². The predicted octanol–water partition coefficient (Wildman–Crippen LogP) is 15.8. The van der Waals surface area contributed by atoms with Crippen LogP contribution in [0.2, 0.25) is 0 Å². The molecule has 0 aliphatic rings. The number of fused-ring (bicyclic) bond motifs is 11. The van der Waals surface area contributed by atoms with Gasteiger partial charge < -0.3 is 13.7 Å². The molecule has 0 spiro atoms. The Bertz CT molecular complexity index is 3480. The molecule has 3 heterocycles. The molecule has 0 bridgehead atoms. The van der Waals surface area contributed by atoms with Gasteiger partial charge >= 0.3 is 0 Å². The number of thiophene rings is 1. The standard InChI is InChI=1S/C52H31NO2S/c1-2-11-34(12-3-1)53(36-26-28-47-44(30-36)38-14-6-8-18-46(38)54-47)35-24-21-32(22-25-35)33-23-27-39-45-31-43(37-13-4-5-15-41(37)52(45)55-48(39)29-33)40-17-10-20-50-51(40)42-16-7-9-19-49(42)56-50/h1-31H. The number of rotatable bonds is 5. The van der Waals surface area contributed by atoms with Gasteiger partial charge in [0.2, 0.25) is 0 Å². The molecule has 0 fully saturated rings. The molecule has 0 N–H and O–H groups in total. The van der Waals surface area contributed by atoms with Crippen LogP contribution in [0.3, 0.4) is 0 Å². The molecule has 12 rings (SSSR count). The molecule has 0 saturated heterocycles. The van der Waals surface area contributed by atoms with E-state index in [0.29, 0.717) is 0 Å². The summed E-state index contributed by atoms with van der Waals surface area (Å²) >= 11 is 1.86. The largest absolute Gasteiger partial charge is 0.456 e. The third-order valence-electron chi connectivity index (χ3n) is 11.3. The maximum atomic E-state index is 6.78. The highest BCUT2D eigenvalue weighted by Crippen LogP contribution is 2.46. The number of anilines is 3. The minimum Gasteiger partial charge on any atom is -0.456 e. The van der Waals surface area contributed by atoms with E-state index in [2.05, 4.69) is 181 Å². The monoisotopic (exact) mass is 733 g/mol. The molecule has 9 aromatic carbocycles. The average Bonchev–Trinajstić information content (AvgIpc) is 3.95. The van der Waals surface area contributed by atoms with Crippen molar-refractivity contribution < 1.29 is 8.83 Å². The Morgan fingerprint density at radius 3 is 1.88 bits per heavy atom. The van der Waals surface area contributed by atoms with E-state index in [0.717, 1.165) is 77.5 Å². The molecule has 0 amide bonds. The van der Waals surface area contributed by atoms with Gasteiger partial charge in [0.1, 0.15) is 22.3 Å². The number of para-hydroxylation sites is 2. The Morgan fingerprint density at radius 2 is 1.00 bits per heavy atom. The zero-order chi connectivity index (χ0) is 36.7. The number of furan rings is 2. The first-order chi connectivity index (χ1) is 27.7. The Hall–Kier alpha value is -7.14. The van der Waals surface area contributed by atoms with E-state index in [4.69, 9.17) is 8.83 Å². The van der Waals surface area contributed by atoms with E-state index in [1.807, 2.05) is 23.5 Å². The Labute approximate surface area is 325 Å². The fourth-order valence-electron chi connectivity index (χ4n) is 8.68. The van der Waals surface area contributed by atoms with Crippen molar-refractivity contribution in [3.63, 3.8) is 0 Å². The zero-order valence-electron chi connectivity index (χ0n) is 30.1. The maximum Gasteiger partial charge on any atom is 0.143 e. The molecular weight excluding hydrogens is 703 g/mol. The lowest BCUT2D eigenvalue weighted by Crippen LogP contribution is -2.09. The predicted molar refractivity (Wildman–Crippen MR) is 237 cm³/mol. The van der Waals surface area contributed by atoms with Crippen LogP contribution in [0.4, 0.5) is 17.1 Å². The summed E-state index contributed by atoms with van der Waals surface area (Å²) in [6.07, 6.45) is 0. The second-order valence-corrected chi connectivity index (χ2v) is 15.5. The van der Waals surface area contributed by atoms with Crippen molar-refractivity contribution in [2.45, 2.75) is 0 Å². The fraction of sp³-hybridized carbons (Fsp3) is 0. The second-order valence-electron chi connectivity index (χ2n) is 14.4. The number of nitrogens with zero attached hydrogens (tertiary/aromatic N) is 1. The number of benzene rings is 9. The van der Waals surface area contributed by atoms with Crippen molar-refractivity contribution in [2.75, 3.05) is 4.90 Å². The van der Waals surface area contributed by atoms with Gasteiger partial charge in [-0.2, -0.15) is 0 Å². The molecule has 262 valence electrons. The van der Waals surface area contributed by atoms with Gasteiger partial charge in [-0.15, -0.1) is 11.3 Å². The molecule has 0 aliphatic heterocycles. The number of hydrogen-bond donors (Lipinski definition) is 0. The summed E-state index contributed by atoms with van der Waals surface area (Å²) in [7, 11) is 0. The summed E-state index contributed by atoms with van der Waals surface area (Å²) < 4.78 is 15.6. The SMILES string of the molecule is c1ccc(N(c2ccc(-c3ccc4c(c3)oc3c5ccccc5c(-c5cccc6sc7ccccc7c56)cc43)cc2)c2ccc3oc4ccccc4c3c2)cc1. The average molecular weight is 734 g/mol. The Balaban J connectivity index is 0.966. The van der Waals surface area contributed by atoms with Crippen LogP contribution in [0.25, 0.3) is 97.1 Å². The van der Waals surface area contributed by atoms with Crippen LogP contribution in [0.15, 0.2) is 197 Å². The molecule has 3 nitrogen and oxygen atoms in total. The van der Waals surface area contributed by atoms with Crippen LogP contribution in [0, 0.1) is 0 Å². The van der Waals surface area contributed by atoms with Crippen molar-refractivity contribution >= 4 is 103 Å². The van der Waals surface area contributed by atoms with Crippen LogP contribution >= 0.6 is 11.3 Å². The molecule has 0 unspecified atom stereocenters. The van der Waals surface area contributed by atoms with Gasteiger partial charge in [-0.1, -0.05) is 109 Å². The van der Waals surface area contributed by atoms with Crippen molar-refractivity contribution in [1.29, 1.82) is 0 Å². The molecule has 0 atom stereocenters. The lowest BCUT2D eigenvalue weighted by molar-refractivity contribution is 0.669. The third kappa shape index (κ3) is 4.76. The van der Waals surface area contributed by atoms with Crippen LogP contribution in [0.5, 0.6) is 0 Å². The Kier molecular flexibility index (Phi) is 6.80. The van der Waals surface area contributed by atoms with Crippen molar-refractivity contribution in [2.24, 2.45) is 0 Å². The summed E-state index contributed by atoms with van der Waals surface area (Å²) in [5.74, 6) is 0. The minimum atomic E-state index is 0.884. The smallest absolute Gasteiger partial charge is 0.143 e. The summed E-state index contributed by atoms with van der Waals surface area (Å²) in [4.78, 5) is 2.30. The molecule has 0 radical (unpaired) electrons. The van der Waals surface area contributed by atoms with E-state index < -0.39 is 0 Å². The van der Waals surface area contributed by atoms with Crippen molar-refractivity contribution in [3.05, 3.63) is 188 Å². The lowest BCUT2D eigenvalue weighted by atomic mass is 9.92. The molecule has 56 heavy (non-hydrogen) atoms. The highest BCUT2D eigenvalue weighted by molar-refractivity contribution is 7.25. The van der Waals surface area contributed by atoms with Gasteiger partial charge in [0.15, 0.2) is 0 Å². The molecule has 3 aromatic heterocycles. The van der Waals surface area contributed by atoms with Crippen LogP contribution in [-0.4, -0.2) is 0 Å². The van der Waals surface area contributed by atoms with Crippen LogP contribution in [0.1, 0.15) is 0 Å². The van der Waals surface area contributed by atoms with Crippen LogP contribution in [-0.2, 0) is 0 Å². The summed E-state index contributed by atoms with van der Waals surface area (Å²) in [5, 5.41) is 9.41. The van der Waals surface area contributed by atoms with E-state index in [9.17, 15) is 0 Å². The molecular formula is C52H31NO2S. The highest BCUT2D eigenvalue weighted by atomic mass is 32.1. The lowest BCUT2D eigenvalue weighted by Gasteiger charge is -2.25. The number of hydrogen-bond acceptors (Lipinski definition) is 4. The van der Waals surface area contributed by atoms with E-state index in [1.54, 1.807) is 0 Å². The normalized spacial score (nSPS) is 11.9. The molecule has 4 heteroatoms. The van der Waals surface area contributed by atoms with E-state index >= 15 is 0 Å². The second kappa shape index (κ2) is 12.2.